The fourth-order valence-electron chi connectivity index (χ4n) is 2.02. The maximum absolute atomic E-state index is 13.7. The summed E-state index contributed by atoms with van der Waals surface area (Å²) >= 11 is 11.8. The molecule has 0 radical (unpaired) electrons. The molecule has 0 N–H and O–H groups in total. The fraction of sp³-hybridized carbons (Fsp3) is 0.286. The molecule has 1 aromatic carbocycles. The van der Waals surface area contributed by atoms with Gasteiger partial charge in [0.2, 0.25) is 0 Å². The average Bonchev–Trinajstić information content (AvgIpc) is 2.62. The molecule has 0 fully saturated rings. The van der Waals surface area contributed by atoms with Crippen LogP contribution in [0.5, 0.6) is 0 Å². The minimum Gasteiger partial charge on any atom is -0.299 e. The number of benzene rings is 1. The lowest BCUT2D eigenvalue weighted by Gasteiger charge is -2.05. The number of aryl methyl sites for hydroxylation is 2. The van der Waals surface area contributed by atoms with Crippen LogP contribution in [0.15, 0.2) is 18.2 Å². The Morgan fingerprint density at radius 1 is 1.35 bits per heavy atom. The second kappa shape index (κ2) is 5.94. The number of hydrogen-bond donors (Lipinski definition) is 0. The zero-order valence-electron chi connectivity index (χ0n) is 11.1. The minimum absolute atomic E-state index is 0.0183. The van der Waals surface area contributed by atoms with Crippen LogP contribution in [-0.2, 0) is 24.7 Å². The maximum atomic E-state index is 13.7. The van der Waals surface area contributed by atoms with Crippen LogP contribution in [0.25, 0.3) is 0 Å². The summed E-state index contributed by atoms with van der Waals surface area (Å²) in [7, 11) is 1.72. The quantitative estimate of drug-likeness (QED) is 0.865. The van der Waals surface area contributed by atoms with Crippen LogP contribution in [0.2, 0.25) is 10.0 Å². The van der Waals surface area contributed by atoms with E-state index >= 15 is 0 Å². The molecule has 0 unspecified atom stereocenters. The largest absolute Gasteiger partial charge is 0.299 e. The molecule has 0 aliphatic rings. The standard InChI is InChI=1S/C14H13Cl2FN2O/c1-8-13(16)12(19(2)18-8)7-10(20)6-9-4-3-5-11(15)14(9)17/h3-5H,6-7H2,1-2H3. The molecule has 20 heavy (non-hydrogen) atoms. The van der Waals surface area contributed by atoms with Gasteiger partial charge in [0.25, 0.3) is 0 Å². The first kappa shape index (κ1) is 15.0. The van der Waals surface area contributed by atoms with E-state index in [9.17, 15) is 9.18 Å². The zero-order valence-corrected chi connectivity index (χ0v) is 12.6. The number of nitrogens with zero attached hydrogens (tertiary/aromatic N) is 2. The van der Waals surface area contributed by atoms with Crippen molar-refractivity contribution in [3.8, 4) is 0 Å². The van der Waals surface area contributed by atoms with Gasteiger partial charge in [0.1, 0.15) is 11.6 Å². The van der Waals surface area contributed by atoms with Crippen molar-refractivity contribution in [1.29, 1.82) is 0 Å². The molecule has 1 aromatic heterocycles. The van der Waals surface area contributed by atoms with Gasteiger partial charge >= 0.3 is 0 Å². The predicted octanol–water partition coefficient (Wildman–Crippen LogP) is 3.53. The van der Waals surface area contributed by atoms with E-state index in [4.69, 9.17) is 23.2 Å². The fourth-order valence-corrected chi connectivity index (χ4v) is 2.44. The Balaban J connectivity index is 2.15. The molecule has 0 aliphatic carbocycles. The van der Waals surface area contributed by atoms with Gasteiger partial charge in [0.05, 0.1) is 27.9 Å². The van der Waals surface area contributed by atoms with E-state index < -0.39 is 5.82 Å². The molecular formula is C14H13Cl2FN2O. The lowest BCUT2D eigenvalue weighted by molar-refractivity contribution is -0.117. The highest BCUT2D eigenvalue weighted by Gasteiger charge is 2.16. The first-order valence-corrected chi connectivity index (χ1v) is 6.78. The van der Waals surface area contributed by atoms with Crippen LogP contribution in [0.1, 0.15) is 17.0 Å². The van der Waals surface area contributed by atoms with Crippen LogP contribution >= 0.6 is 23.2 Å². The molecule has 0 saturated carbocycles. The van der Waals surface area contributed by atoms with E-state index in [-0.39, 0.29) is 29.2 Å². The Kier molecular flexibility index (Phi) is 4.45. The molecule has 0 atom stereocenters. The van der Waals surface area contributed by atoms with Crippen molar-refractivity contribution < 1.29 is 9.18 Å². The lowest BCUT2D eigenvalue weighted by atomic mass is 10.0. The summed E-state index contributed by atoms with van der Waals surface area (Å²) < 4.78 is 15.3. The molecule has 0 bridgehead atoms. The topological polar surface area (TPSA) is 34.9 Å². The summed E-state index contributed by atoms with van der Waals surface area (Å²) in [5.41, 5.74) is 1.60. The first-order chi connectivity index (χ1) is 9.40. The van der Waals surface area contributed by atoms with Crippen LogP contribution in [0.4, 0.5) is 4.39 Å². The van der Waals surface area contributed by atoms with Gasteiger partial charge in [0.15, 0.2) is 0 Å². The number of aromatic nitrogens is 2. The molecule has 0 saturated heterocycles. The van der Waals surface area contributed by atoms with Gasteiger partial charge in [-0.05, 0) is 18.6 Å². The molecule has 0 spiro atoms. The van der Waals surface area contributed by atoms with Gasteiger partial charge in [-0.1, -0.05) is 35.3 Å². The van der Waals surface area contributed by atoms with Gasteiger partial charge in [-0.2, -0.15) is 5.10 Å². The van der Waals surface area contributed by atoms with Gasteiger partial charge in [0, 0.05) is 13.5 Å². The first-order valence-electron chi connectivity index (χ1n) is 6.02. The molecule has 106 valence electrons. The van der Waals surface area contributed by atoms with E-state index in [0.29, 0.717) is 16.4 Å². The van der Waals surface area contributed by atoms with E-state index in [1.165, 1.54) is 6.07 Å². The summed E-state index contributed by atoms with van der Waals surface area (Å²) in [6, 6.07) is 4.62. The van der Waals surface area contributed by atoms with Gasteiger partial charge in [-0.15, -0.1) is 0 Å². The zero-order chi connectivity index (χ0) is 14.9. The van der Waals surface area contributed by atoms with Crippen LogP contribution in [0.3, 0.4) is 0 Å². The number of halogens is 3. The summed E-state index contributed by atoms with van der Waals surface area (Å²) in [6.07, 6.45) is 0.0923. The number of Topliss-reactive ketones (excluding diaryl/α,β-unsaturated/α-hetero) is 1. The molecule has 3 nitrogen and oxygen atoms in total. The molecule has 2 aromatic rings. The van der Waals surface area contributed by atoms with E-state index in [1.54, 1.807) is 30.8 Å². The van der Waals surface area contributed by atoms with E-state index in [2.05, 4.69) is 5.10 Å². The molecule has 1 heterocycles. The summed E-state index contributed by atoms with van der Waals surface area (Å²) in [5.74, 6) is -0.689. The highest BCUT2D eigenvalue weighted by molar-refractivity contribution is 6.32. The van der Waals surface area contributed by atoms with Gasteiger partial charge in [-0.3, -0.25) is 9.48 Å². The maximum Gasteiger partial charge on any atom is 0.145 e. The molecule has 2 rings (SSSR count). The van der Waals surface area contributed by atoms with Crippen LogP contribution < -0.4 is 0 Å². The predicted molar refractivity (Wildman–Crippen MR) is 76.8 cm³/mol. The highest BCUT2D eigenvalue weighted by atomic mass is 35.5. The molecule has 0 amide bonds. The number of hydrogen-bond acceptors (Lipinski definition) is 2. The summed E-state index contributed by atoms with van der Waals surface area (Å²) in [6.45, 7) is 1.77. The summed E-state index contributed by atoms with van der Waals surface area (Å²) in [4.78, 5) is 12.0. The van der Waals surface area contributed by atoms with Crippen molar-refractivity contribution in [2.75, 3.05) is 0 Å². The Bertz CT molecular complexity index is 667. The van der Waals surface area contributed by atoms with Crippen molar-refractivity contribution in [3.05, 3.63) is 51.0 Å². The van der Waals surface area contributed by atoms with Crippen molar-refractivity contribution >= 4 is 29.0 Å². The molecule has 6 heteroatoms. The highest BCUT2D eigenvalue weighted by Crippen LogP contribution is 2.22. The summed E-state index contributed by atoms with van der Waals surface area (Å²) in [5, 5.41) is 4.64. The number of ketones is 1. The molecular weight excluding hydrogens is 302 g/mol. The average molecular weight is 315 g/mol. The second-order valence-corrected chi connectivity index (χ2v) is 5.36. The third-order valence-corrected chi connectivity index (χ3v) is 3.83. The van der Waals surface area contributed by atoms with Gasteiger partial charge in [-0.25, -0.2) is 4.39 Å². The van der Waals surface area contributed by atoms with Crippen molar-refractivity contribution in [1.82, 2.24) is 9.78 Å². The Morgan fingerprint density at radius 2 is 2.05 bits per heavy atom. The van der Waals surface area contributed by atoms with Crippen LogP contribution in [0, 0.1) is 12.7 Å². The number of carbonyl (C=O) groups excluding carboxylic acids is 1. The van der Waals surface area contributed by atoms with E-state index in [1.807, 2.05) is 0 Å². The smallest absolute Gasteiger partial charge is 0.145 e. The number of carbonyl (C=O) groups is 1. The Morgan fingerprint density at radius 3 is 2.65 bits per heavy atom. The normalized spacial score (nSPS) is 10.8. The minimum atomic E-state index is -0.546. The Labute approximate surface area is 126 Å². The van der Waals surface area contributed by atoms with Crippen molar-refractivity contribution in [2.45, 2.75) is 19.8 Å². The van der Waals surface area contributed by atoms with Crippen LogP contribution in [-0.4, -0.2) is 15.6 Å². The molecule has 0 aliphatic heterocycles. The number of rotatable bonds is 4. The SMILES string of the molecule is Cc1nn(C)c(CC(=O)Cc2cccc(Cl)c2F)c1Cl. The second-order valence-electron chi connectivity index (χ2n) is 4.57. The van der Waals surface area contributed by atoms with Crippen molar-refractivity contribution in [3.63, 3.8) is 0 Å². The van der Waals surface area contributed by atoms with Crippen molar-refractivity contribution in [2.24, 2.45) is 7.05 Å². The lowest BCUT2D eigenvalue weighted by Crippen LogP contribution is -2.11. The Hall–Kier alpha value is -1.39. The monoisotopic (exact) mass is 314 g/mol. The van der Waals surface area contributed by atoms with E-state index in [0.717, 1.165) is 0 Å². The third-order valence-electron chi connectivity index (χ3n) is 3.05. The van der Waals surface area contributed by atoms with Gasteiger partial charge < -0.3 is 0 Å². The third kappa shape index (κ3) is 3.02.